The third-order valence-electron chi connectivity index (χ3n) is 5.44. The molecule has 3 heterocycles. The van der Waals surface area contributed by atoms with Crippen molar-refractivity contribution in [1.82, 2.24) is 9.21 Å². The van der Waals surface area contributed by atoms with Crippen LogP contribution in [0.3, 0.4) is 0 Å². The molecule has 0 spiro atoms. The number of amides is 2. The maximum Gasteiger partial charge on any atom is 0.243 e. The number of hydrogen-bond acceptors (Lipinski definition) is 5. The van der Waals surface area contributed by atoms with E-state index in [0.717, 1.165) is 21.3 Å². The van der Waals surface area contributed by atoms with Gasteiger partial charge in [0.2, 0.25) is 21.8 Å². The zero-order valence-electron chi connectivity index (χ0n) is 15.4. The Morgan fingerprint density at radius 3 is 2.17 bits per heavy atom. The van der Waals surface area contributed by atoms with Crippen molar-refractivity contribution in [2.75, 3.05) is 13.1 Å². The first-order valence-corrected chi connectivity index (χ1v) is 11.4. The van der Waals surface area contributed by atoms with Crippen LogP contribution in [-0.4, -0.2) is 42.5 Å². The average Bonchev–Trinajstić information content (AvgIpc) is 3.37. The highest BCUT2D eigenvalue weighted by Gasteiger charge is 2.56. The second-order valence-electron chi connectivity index (χ2n) is 7.13. The first kappa shape index (κ1) is 20.1. The quantitative estimate of drug-likeness (QED) is 0.670. The Morgan fingerprint density at radius 1 is 1.10 bits per heavy atom. The van der Waals surface area contributed by atoms with Gasteiger partial charge in [0, 0.05) is 24.0 Å². The van der Waals surface area contributed by atoms with Gasteiger partial charge in [0.15, 0.2) is 0 Å². The van der Waals surface area contributed by atoms with Crippen LogP contribution in [-0.2, 0) is 19.6 Å². The van der Waals surface area contributed by atoms with Crippen LogP contribution in [0.25, 0.3) is 0 Å². The van der Waals surface area contributed by atoms with Crippen LogP contribution in [0.15, 0.2) is 40.6 Å². The summed E-state index contributed by atoms with van der Waals surface area (Å²) in [5.74, 6) is -4.40. The van der Waals surface area contributed by atoms with Crippen molar-refractivity contribution < 1.29 is 26.8 Å². The minimum atomic E-state index is -4.23. The number of rotatable bonds is 5. The number of likely N-dealkylation sites (tertiary alicyclic amines) is 1. The maximum absolute atomic E-state index is 13.5. The molecule has 0 bridgehead atoms. The Balaban J connectivity index is 1.59. The molecule has 2 aliphatic heterocycles. The summed E-state index contributed by atoms with van der Waals surface area (Å²) in [5.41, 5.74) is 0. The van der Waals surface area contributed by atoms with E-state index in [1.165, 1.54) is 16.2 Å². The van der Waals surface area contributed by atoms with Gasteiger partial charge in [-0.3, -0.25) is 14.5 Å². The molecule has 154 valence electrons. The Labute approximate surface area is 170 Å². The standard InChI is InChI=1S/C19H18F2N2O4S2/c1-2-16(17-4-3-5-28-17)23-18(24)14-9-22(10-15(14)19(23)25)29(26,27)13-7-11(20)6-12(21)8-13/h3-8,14-16H,2,9-10H2,1H3/t14-,15+,16?. The highest BCUT2D eigenvalue weighted by molar-refractivity contribution is 7.89. The van der Waals surface area contributed by atoms with Crippen molar-refractivity contribution in [3.8, 4) is 0 Å². The highest BCUT2D eigenvalue weighted by atomic mass is 32.2. The number of sulfonamides is 1. The van der Waals surface area contributed by atoms with Crippen LogP contribution in [0, 0.1) is 23.5 Å². The normalized spacial score (nSPS) is 23.6. The summed E-state index contributed by atoms with van der Waals surface area (Å²) in [4.78, 5) is 27.6. The zero-order valence-corrected chi connectivity index (χ0v) is 17.1. The molecule has 2 amide bonds. The molecule has 1 unspecified atom stereocenters. The highest BCUT2D eigenvalue weighted by Crippen LogP contribution is 2.41. The molecule has 1 aromatic heterocycles. The number of nitrogens with zero attached hydrogens (tertiary/aromatic N) is 2. The van der Waals surface area contributed by atoms with Gasteiger partial charge in [0.25, 0.3) is 0 Å². The third-order valence-corrected chi connectivity index (χ3v) is 8.22. The maximum atomic E-state index is 13.5. The van der Waals surface area contributed by atoms with Crippen LogP contribution < -0.4 is 0 Å². The van der Waals surface area contributed by atoms with E-state index >= 15 is 0 Å². The van der Waals surface area contributed by atoms with Crippen LogP contribution in [0.4, 0.5) is 8.78 Å². The lowest BCUT2D eigenvalue weighted by Gasteiger charge is -2.26. The molecule has 2 aliphatic rings. The van der Waals surface area contributed by atoms with Gasteiger partial charge in [-0.15, -0.1) is 11.3 Å². The van der Waals surface area contributed by atoms with Gasteiger partial charge in [0.1, 0.15) is 11.6 Å². The summed E-state index contributed by atoms with van der Waals surface area (Å²) in [6.07, 6.45) is 0.558. The van der Waals surface area contributed by atoms with Crippen molar-refractivity contribution in [2.45, 2.75) is 24.3 Å². The van der Waals surface area contributed by atoms with Gasteiger partial charge in [-0.25, -0.2) is 17.2 Å². The van der Waals surface area contributed by atoms with E-state index in [1.54, 1.807) is 0 Å². The largest absolute Gasteiger partial charge is 0.274 e. The van der Waals surface area contributed by atoms with Crippen molar-refractivity contribution in [1.29, 1.82) is 0 Å². The SMILES string of the molecule is CCC(c1cccs1)N1C(=O)[C@H]2CN(S(=O)(=O)c3cc(F)cc(F)c3)C[C@H]2C1=O. The monoisotopic (exact) mass is 440 g/mol. The predicted octanol–water partition coefficient (Wildman–Crippen LogP) is 2.78. The molecule has 6 nitrogen and oxygen atoms in total. The number of hydrogen-bond donors (Lipinski definition) is 0. The molecule has 0 aliphatic carbocycles. The molecule has 29 heavy (non-hydrogen) atoms. The number of imide groups is 1. The van der Waals surface area contributed by atoms with Crippen molar-refractivity contribution >= 4 is 33.2 Å². The van der Waals surface area contributed by atoms with E-state index in [-0.39, 0.29) is 19.1 Å². The molecular formula is C19H18F2N2O4S2. The van der Waals surface area contributed by atoms with Crippen molar-refractivity contribution in [3.05, 3.63) is 52.2 Å². The molecule has 10 heteroatoms. The fraction of sp³-hybridized carbons (Fsp3) is 0.368. The smallest absolute Gasteiger partial charge is 0.243 e. The van der Waals surface area contributed by atoms with Crippen molar-refractivity contribution in [3.63, 3.8) is 0 Å². The molecule has 0 N–H and O–H groups in total. The van der Waals surface area contributed by atoms with Crippen LogP contribution in [0.1, 0.15) is 24.3 Å². The number of benzene rings is 1. The molecule has 2 saturated heterocycles. The van der Waals surface area contributed by atoms with Gasteiger partial charge in [-0.1, -0.05) is 13.0 Å². The van der Waals surface area contributed by atoms with E-state index in [1.807, 2.05) is 24.4 Å². The number of halogens is 2. The number of thiophene rings is 1. The minimum absolute atomic E-state index is 0.187. The van der Waals surface area contributed by atoms with Gasteiger partial charge in [0.05, 0.1) is 22.8 Å². The topological polar surface area (TPSA) is 74.8 Å². The number of carbonyl (C=O) groups is 2. The molecule has 2 fully saturated rings. The Hall–Kier alpha value is -2.17. The van der Waals surface area contributed by atoms with E-state index in [4.69, 9.17) is 0 Å². The predicted molar refractivity (Wildman–Crippen MR) is 101 cm³/mol. The molecule has 4 rings (SSSR count). The third kappa shape index (κ3) is 3.28. The summed E-state index contributed by atoms with van der Waals surface area (Å²) in [7, 11) is -4.23. The number of fused-ring (bicyclic) bond motifs is 1. The summed E-state index contributed by atoms with van der Waals surface area (Å²) in [6.45, 7) is 1.51. The summed E-state index contributed by atoms with van der Waals surface area (Å²) >= 11 is 1.46. The molecule has 0 saturated carbocycles. The Bertz CT molecular complexity index is 1030. The average molecular weight is 440 g/mol. The molecule has 1 aromatic carbocycles. The Morgan fingerprint density at radius 2 is 1.69 bits per heavy atom. The van der Waals surface area contributed by atoms with Gasteiger partial charge >= 0.3 is 0 Å². The van der Waals surface area contributed by atoms with E-state index in [9.17, 15) is 26.8 Å². The summed E-state index contributed by atoms with van der Waals surface area (Å²) in [6, 6.07) is 5.38. The van der Waals surface area contributed by atoms with Crippen LogP contribution >= 0.6 is 11.3 Å². The van der Waals surface area contributed by atoms with E-state index in [2.05, 4.69) is 0 Å². The van der Waals surface area contributed by atoms with Gasteiger partial charge in [-0.05, 0) is 30.0 Å². The molecule has 3 atom stereocenters. The first-order valence-electron chi connectivity index (χ1n) is 9.10. The second-order valence-corrected chi connectivity index (χ2v) is 10.0. The molecular weight excluding hydrogens is 422 g/mol. The fourth-order valence-corrected chi connectivity index (χ4v) is 6.49. The van der Waals surface area contributed by atoms with Crippen LogP contribution in [0.5, 0.6) is 0 Å². The Kier molecular flexibility index (Phi) is 5.04. The van der Waals surface area contributed by atoms with Crippen LogP contribution in [0.2, 0.25) is 0 Å². The molecule has 0 radical (unpaired) electrons. The van der Waals surface area contributed by atoms with E-state index < -0.39 is 50.2 Å². The number of carbonyl (C=O) groups excluding carboxylic acids is 2. The lowest BCUT2D eigenvalue weighted by atomic mass is 10.00. The fourth-order valence-electron chi connectivity index (χ4n) is 4.06. The van der Waals surface area contributed by atoms with Gasteiger partial charge < -0.3 is 0 Å². The lowest BCUT2D eigenvalue weighted by Crippen LogP contribution is -2.39. The minimum Gasteiger partial charge on any atom is -0.274 e. The van der Waals surface area contributed by atoms with E-state index in [0.29, 0.717) is 12.5 Å². The second kappa shape index (κ2) is 7.26. The summed E-state index contributed by atoms with van der Waals surface area (Å²) < 4.78 is 53.5. The lowest BCUT2D eigenvalue weighted by molar-refractivity contribution is -0.143. The zero-order chi connectivity index (χ0) is 20.9. The van der Waals surface area contributed by atoms with Crippen molar-refractivity contribution in [2.24, 2.45) is 11.8 Å². The molecule has 2 aromatic rings. The first-order chi connectivity index (χ1) is 13.7. The summed E-state index contributed by atoms with van der Waals surface area (Å²) in [5, 5.41) is 1.87. The van der Waals surface area contributed by atoms with Gasteiger partial charge in [-0.2, -0.15) is 4.31 Å².